The van der Waals surface area contributed by atoms with Crippen LogP contribution in [0.25, 0.3) is 0 Å². The van der Waals surface area contributed by atoms with Crippen molar-refractivity contribution in [3.05, 3.63) is 34.9 Å². The number of piperidine rings is 1. The smallest absolute Gasteiger partial charge is 0.123 e. The van der Waals surface area contributed by atoms with Gasteiger partial charge in [-0.1, -0.05) is 23.7 Å². The largest absolute Gasteiger partial charge is 0.316 e. The molecule has 0 aliphatic carbocycles. The molecule has 1 aromatic rings. The van der Waals surface area contributed by atoms with E-state index in [1.54, 1.807) is 0 Å². The number of halogens is 1. The first-order valence-corrected chi connectivity index (χ1v) is 11.6. The Hall–Kier alpha value is 0.275. The number of hydrogen-bond donors (Lipinski definition) is 1. The molecule has 1 heterocycles. The summed E-state index contributed by atoms with van der Waals surface area (Å²) < 4.78 is 0. The van der Waals surface area contributed by atoms with Crippen LogP contribution in [0.15, 0.2) is 24.3 Å². The summed E-state index contributed by atoms with van der Waals surface area (Å²) in [6.07, 6.45) is 1.22. The van der Waals surface area contributed by atoms with Crippen LogP contribution in [0.3, 0.4) is 0 Å². The van der Waals surface area contributed by atoms with Crippen molar-refractivity contribution in [3.63, 3.8) is 0 Å². The maximum atomic E-state index is 6.02. The van der Waals surface area contributed by atoms with Crippen LogP contribution in [0.5, 0.6) is 0 Å². The van der Waals surface area contributed by atoms with E-state index in [0.717, 1.165) is 30.4 Å². The van der Waals surface area contributed by atoms with Crippen LogP contribution in [-0.2, 0) is 0 Å². The fourth-order valence-electron chi connectivity index (χ4n) is 3.12. The molecular formula is C16H25BClN2PS. The molecule has 3 unspecified atom stereocenters. The highest BCUT2D eigenvalue weighted by molar-refractivity contribution is 8.62. The monoisotopic (exact) mass is 354 g/mol. The van der Waals surface area contributed by atoms with E-state index >= 15 is 0 Å². The molecule has 2 rings (SSSR count). The van der Waals surface area contributed by atoms with E-state index in [9.17, 15) is 0 Å². The van der Waals surface area contributed by atoms with Crippen molar-refractivity contribution < 1.29 is 0 Å². The van der Waals surface area contributed by atoms with Crippen molar-refractivity contribution in [2.45, 2.75) is 12.3 Å². The van der Waals surface area contributed by atoms with E-state index in [-0.39, 0.29) is 7.00 Å². The molecule has 1 saturated heterocycles. The standard InChI is InChI=1S/C16H25BClN2PS/c1-20-9-7-16(13-3-5-15(18)6-4-13)14(12-20)11-19-8-10-22-21(2)17/h3-6,14,16,19H,7-12H2,1-2H3. The third kappa shape index (κ3) is 6.05. The summed E-state index contributed by atoms with van der Waals surface area (Å²) in [4.78, 5) is 2.44. The van der Waals surface area contributed by atoms with Crippen molar-refractivity contribution in [1.82, 2.24) is 10.2 Å². The molecule has 2 radical (unpaired) electrons. The zero-order chi connectivity index (χ0) is 15.9. The second kappa shape index (κ2) is 9.54. The van der Waals surface area contributed by atoms with Gasteiger partial charge in [-0.3, -0.25) is 0 Å². The number of hydrogen-bond acceptors (Lipinski definition) is 3. The number of nitrogens with zero attached hydrogens (tertiary/aromatic N) is 1. The van der Waals surface area contributed by atoms with Gasteiger partial charge in [0, 0.05) is 23.9 Å². The van der Waals surface area contributed by atoms with E-state index in [0.29, 0.717) is 11.8 Å². The van der Waals surface area contributed by atoms with Gasteiger partial charge in [-0.15, -0.1) is 18.4 Å². The van der Waals surface area contributed by atoms with Gasteiger partial charge in [-0.2, -0.15) is 0 Å². The summed E-state index contributed by atoms with van der Waals surface area (Å²) in [5.74, 6) is 2.39. The predicted octanol–water partition coefficient (Wildman–Crippen LogP) is 3.81. The van der Waals surface area contributed by atoms with Gasteiger partial charge < -0.3 is 10.2 Å². The molecule has 1 aromatic carbocycles. The molecule has 0 saturated carbocycles. The molecular weight excluding hydrogens is 329 g/mol. The Kier molecular flexibility index (Phi) is 8.07. The Bertz CT molecular complexity index is 446. The van der Waals surface area contributed by atoms with Gasteiger partial charge in [0.05, 0.1) is 0 Å². The second-order valence-electron chi connectivity index (χ2n) is 6.05. The molecule has 0 bridgehead atoms. The highest BCUT2D eigenvalue weighted by Gasteiger charge is 2.28. The van der Waals surface area contributed by atoms with E-state index < -0.39 is 0 Å². The van der Waals surface area contributed by atoms with Gasteiger partial charge in [0.2, 0.25) is 0 Å². The van der Waals surface area contributed by atoms with E-state index in [4.69, 9.17) is 19.2 Å². The lowest BCUT2D eigenvalue weighted by atomic mass is 9.80. The lowest BCUT2D eigenvalue weighted by Crippen LogP contribution is -2.42. The number of benzene rings is 1. The topological polar surface area (TPSA) is 15.3 Å². The van der Waals surface area contributed by atoms with Gasteiger partial charge >= 0.3 is 0 Å². The lowest BCUT2D eigenvalue weighted by Gasteiger charge is -2.37. The maximum absolute atomic E-state index is 6.02. The zero-order valence-electron chi connectivity index (χ0n) is 13.5. The second-order valence-corrected chi connectivity index (χ2v) is 10.8. The molecule has 120 valence electrons. The number of nitrogens with one attached hydrogen (secondary N) is 1. The molecule has 1 fully saturated rings. The fraction of sp³-hybridized carbons (Fsp3) is 0.625. The molecule has 0 amide bonds. The Morgan fingerprint density at radius 2 is 2.14 bits per heavy atom. The predicted molar refractivity (Wildman–Crippen MR) is 104 cm³/mol. The van der Waals surface area contributed by atoms with E-state index in [1.165, 1.54) is 18.5 Å². The first-order chi connectivity index (χ1) is 10.6. The highest BCUT2D eigenvalue weighted by Crippen LogP contribution is 2.40. The Morgan fingerprint density at radius 3 is 2.82 bits per heavy atom. The first kappa shape index (κ1) is 18.6. The van der Waals surface area contributed by atoms with Crippen molar-refractivity contribution >= 4 is 37.6 Å². The Balaban J connectivity index is 1.88. The van der Waals surface area contributed by atoms with Crippen LogP contribution in [0.2, 0.25) is 5.02 Å². The van der Waals surface area contributed by atoms with Gasteiger partial charge in [-0.25, -0.2) is 0 Å². The molecule has 6 heteroatoms. The summed E-state index contributed by atoms with van der Waals surface area (Å²) in [6, 6.07) is 8.42. The van der Waals surface area contributed by atoms with Crippen molar-refractivity contribution in [2.75, 3.05) is 45.6 Å². The average Bonchev–Trinajstić information content (AvgIpc) is 2.48. The Morgan fingerprint density at radius 1 is 1.41 bits per heavy atom. The third-order valence-corrected chi connectivity index (χ3v) is 7.03. The van der Waals surface area contributed by atoms with Crippen molar-refractivity contribution in [3.8, 4) is 0 Å². The van der Waals surface area contributed by atoms with Gasteiger partial charge in [0.1, 0.15) is 7.57 Å². The minimum Gasteiger partial charge on any atom is -0.316 e. The molecule has 1 aliphatic rings. The van der Waals surface area contributed by atoms with Crippen LogP contribution in [0.1, 0.15) is 17.9 Å². The average molecular weight is 355 g/mol. The maximum Gasteiger partial charge on any atom is 0.123 e. The molecule has 1 N–H and O–H groups in total. The summed E-state index contributed by atoms with van der Waals surface area (Å²) in [6.45, 7) is 6.55. The van der Waals surface area contributed by atoms with Crippen LogP contribution in [0, 0.1) is 5.92 Å². The van der Waals surface area contributed by atoms with Crippen LogP contribution in [0.4, 0.5) is 0 Å². The zero-order valence-corrected chi connectivity index (χ0v) is 15.9. The summed E-state index contributed by atoms with van der Waals surface area (Å²) in [5, 5.41) is 4.44. The van der Waals surface area contributed by atoms with Crippen molar-refractivity contribution in [1.29, 1.82) is 0 Å². The van der Waals surface area contributed by atoms with Gasteiger partial charge in [-0.05, 0) is 62.8 Å². The molecule has 3 atom stereocenters. The Labute approximate surface area is 146 Å². The molecule has 0 spiro atoms. The molecule has 2 nitrogen and oxygen atoms in total. The van der Waals surface area contributed by atoms with Gasteiger partial charge in [0.15, 0.2) is 0 Å². The van der Waals surface area contributed by atoms with E-state index in [1.807, 2.05) is 23.5 Å². The third-order valence-electron chi connectivity index (χ3n) is 4.22. The summed E-state index contributed by atoms with van der Waals surface area (Å²) in [7, 11) is 7.72. The minimum absolute atomic E-state index is 0.331. The van der Waals surface area contributed by atoms with Crippen molar-refractivity contribution in [2.24, 2.45) is 5.92 Å². The van der Waals surface area contributed by atoms with E-state index in [2.05, 4.69) is 36.1 Å². The minimum atomic E-state index is -0.331. The van der Waals surface area contributed by atoms with Crippen LogP contribution < -0.4 is 5.32 Å². The molecule has 1 aliphatic heterocycles. The lowest BCUT2D eigenvalue weighted by molar-refractivity contribution is 0.181. The summed E-state index contributed by atoms with van der Waals surface area (Å²) >= 11 is 7.89. The SMILES string of the molecule is [B]P(C)SCCNCC1CN(C)CCC1c1ccc(Cl)cc1. The fourth-order valence-corrected chi connectivity index (χ4v) is 4.91. The molecule has 0 aromatic heterocycles. The summed E-state index contributed by atoms with van der Waals surface area (Å²) in [5.41, 5.74) is 1.43. The first-order valence-electron chi connectivity index (χ1n) is 7.82. The highest BCUT2D eigenvalue weighted by atomic mass is 35.5. The quantitative estimate of drug-likeness (QED) is 0.455. The number of likely N-dealkylation sites (tertiary alicyclic amines) is 1. The molecule has 22 heavy (non-hydrogen) atoms. The van der Waals surface area contributed by atoms with Gasteiger partial charge in [0.25, 0.3) is 0 Å². The normalized spacial score (nSPS) is 24.3. The van der Waals surface area contributed by atoms with Crippen LogP contribution >= 0.6 is 30.0 Å². The number of rotatable bonds is 7. The van der Waals surface area contributed by atoms with Crippen LogP contribution in [-0.4, -0.2) is 58.1 Å².